The number of para-hydroxylation sites is 2. The van der Waals surface area contributed by atoms with E-state index in [1.165, 1.54) is 4.90 Å². The van der Waals surface area contributed by atoms with Crippen LogP contribution in [-0.4, -0.2) is 126 Å². The molecule has 396 valence electrons. The third-order valence-corrected chi connectivity index (χ3v) is 13.2. The van der Waals surface area contributed by atoms with Crippen LogP contribution in [0.2, 0.25) is 0 Å². The number of fused-ring (bicyclic) bond motifs is 2. The van der Waals surface area contributed by atoms with Gasteiger partial charge in [-0.3, -0.25) is 4.18 Å². The monoisotopic (exact) mass is 1040 g/mol. The quantitative estimate of drug-likeness (QED) is 0.0508. The molecule has 2 fully saturated rings. The highest BCUT2D eigenvalue weighted by Crippen LogP contribution is 2.39. The van der Waals surface area contributed by atoms with E-state index in [4.69, 9.17) is 23.1 Å². The summed E-state index contributed by atoms with van der Waals surface area (Å²) in [6.45, 7) is 11.8. The molecule has 0 radical (unpaired) electrons. The summed E-state index contributed by atoms with van der Waals surface area (Å²) in [5.41, 5.74) is 3.83. The lowest BCUT2D eigenvalue weighted by molar-refractivity contribution is 0.0115. The van der Waals surface area contributed by atoms with Gasteiger partial charge in [0.05, 0.1) is 30.5 Å². The lowest BCUT2D eigenvalue weighted by Crippen LogP contribution is -2.49. The number of likely N-dealkylation sites (tertiary alicyclic amines) is 2. The predicted molar refractivity (Wildman–Crippen MR) is 280 cm³/mol. The Bertz CT molecular complexity index is 2950. The minimum absolute atomic E-state index is 0.0586. The Morgan fingerprint density at radius 1 is 0.622 bits per heavy atom. The van der Waals surface area contributed by atoms with Crippen molar-refractivity contribution in [2.45, 2.75) is 115 Å². The zero-order chi connectivity index (χ0) is 53.2. The van der Waals surface area contributed by atoms with Gasteiger partial charge in [-0.2, -0.15) is 8.42 Å². The second-order valence-corrected chi connectivity index (χ2v) is 22.1. The number of hydrogen-bond donors (Lipinski definition) is 5. The van der Waals surface area contributed by atoms with Crippen LogP contribution in [0.3, 0.4) is 0 Å². The summed E-state index contributed by atoms with van der Waals surface area (Å²) in [4.78, 5) is 61.2. The maximum Gasteiger partial charge on any atom is 0.410 e. The number of amides is 4. The molecule has 2 aliphatic rings. The number of alkyl carbamates (subject to hydrolysis) is 2. The molecule has 2 aromatic heterocycles. The molecular weight excluding hydrogens is 969 g/mol. The third-order valence-electron chi connectivity index (χ3n) is 12.6. The number of H-pyrrole nitrogens is 2. The highest BCUT2D eigenvalue weighted by atomic mass is 32.2. The fourth-order valence-electron chi connectivity index (χ4n) is 9.51. The maximum absolute atomic E-state index is 13.3. The largest absolute Gasteiger partial charge is 0.445 e. The Balaban J connectivity index is 0.000000217. The number of aromatic amines is 2. The molecule has 4 heterocycles. The highest BCUT2D eigenvalue weighted by Gasteiger charge is 2.47. The minimum atomic E-state index is -3.84. The molecule has 74 heavy (non-hydrogen) atoms. The number of ether oxygens (including phenoxy) is 4. The molecule has 0 spiro atoms. The van der Waals surface area contributed by atoms with Gasteiger partial charge in [-0.05, 0) is 88.8 Å². The van der Waals surface area contributed by atoms with Crippen molar-refractivity contribution >= 4 is 56.3 Å². The first-order valence-electron chi connectivity index (χ1n) is 24.7. The molecule has 2 aliphatic heterocycles. The Hall–Kier alpha value is -7.09. The summed E-state index contributed by atoms with van der Waals surface area (Å²) in [5.74, 6) is -0.937. The van der Waals surface area contributed by atoms with Crippen molar-refractivity contribution in [2.75, 3.05) is 32.4 Å². The summed E-state index contributed by atoms with van der Waals surface area (Å²) < 4.78 is 52.0. The number of carbonyl (C=O) groups is 4. The van der Waals surface area contributed by atoms with Crippen LogP contribution in [0.1, 0.15) is 88.5 Å². The molecule has 8 rings (SSSR count). The van der Waals surface area contributed by atoms with Gasteiger partial charge in [-0.25, -0.2) is 19.2 Å². The number of aromatic nitrogens is 2. The molecule has 4 aromatic carbocycles. The van der Waals surface area contributed by atoms with Crippen molar-refractivity contribution < 1.29 is 55.8 Å². The van der Waals surface area contributed by atoms with Crippen LogP contribution in [0.4, 0.5) is 19.2 Å². The fraction of sp³-hybridized carbons (Fsp3) is 0.418. The maximum atomic E-state index is 13.3. The van der Waals surface area contributed by atoms with Crippen LogP contribution in [0, 0.1) is 0 Å². The Morgan fingerprint density at radius 2 is 1.03 bits per heavy atom. The van der Waals surface area contributed by atoms with Gasteiger partial charge < -0.3 is 54.5 Å². The van der Waals surface area contributed by atoms with Gasteiger partial charge in [0.2, 0.25) is 0 Å². The smallest absolute Gasteiger partial charge is 0.410 e. The summed E-state index contributed by atoms with van der Waals surface area (Å²) in [5, 5.41) is 18.5. The van der Waals surface area contributed by atoms with Crippen LogP contribution in [0.15, 0.2) is 122 Å². The average molecular weight is 1040 g/mol. The normalized spacial score (nSPS) is 18.8. The molecule has 0 saturated carbocycles. The van der Waals surface area contributed by atoms with E-state index < -0.39 is 75.9 Å². The number of benzene rings is 4. The molecule has 0 unspecified atom stereocenters. The third kappa shape index (κ3) is 14.8. The lowest BCUT2D eigenvalue weighted by atomic mass is 9.88. The van der Waals surface area contributed by atoms with Crippen LogP contribution >= 0.6 is 0 Å². The lowest BCUT2D eigenvalue weighted by Gasteiger charge is -2.35. The van der Waals surface area contributed by atoms with E-state index in [0.29, 0.717) is 13.0 Å². The van der Waals surface area contributed by atoms with Gasteiger partial charge in [-0.1, -0.05) is 97.1 Å². The van der Waals surface area contributed by atoms with Crippen LogP contribution in [-0.2, 0) is 46.5 Å². The standard InChI is InChI=1S/C28H35N3O7S.C27H33N3O5/c1-28(2,3)37-27(33)31-15-14-24(38-39(4,34)35)25(31)22(21-16-29-23-13-9-8-12-20(21)23)17-30-26(32)36-18-19-10-6-5-7-11-19;1-27(2,3)35-26(33)30-14-13-23(31)24(30)21(20-15-28-22-12-8-7-11-19(20)22)16-29-25(32)34-17-18-9-5-4-6-10-18/h5-13,16,22,24-25,29H,14-15,17-18H2,1-4H3,(H,30,32);4-12,15,21,23-24,28,31H,13-14,16-17H2,1-3H3,(H,29,32)/t22-,24-,25+;21-,23-,24+/m00/s1. The van der Waals surface area contributed by atoms with Crippen molar-refractivity contribution in [3.63, 3.8) is 0 Å². The number of nitrogens with one attached hydrogen (secondary N) is 4. The van der Waals surface area contributed by atoms with Gasteiger partial charge in [0.15, 0.2) is 0 Å². The first-order valence-corrected chi connectivity index (χ1v) is 26.5. The number of nitrogens with zero attached hydrogens (tertiary/aromatic N) is 2. The van der Waals surface area contributed by atoms with Gasteiger partial charge in [0.25, 0.3) is 10.1 Å². The molecule has 4 amide bonds. The first-order chi connectivity index (χ1) is 35.1. The molecule has 18 nitrogen and oxygen atoms in total. The van der Waals surface area contributed by atoms with Gasteiger partial charge >= 0.3 is 24.4 Å². The first kappa shape index (κ1) is 54.7. The van der Waals surface area contributed by atoms with E-state index in [0.717, 1.165) is 50.3 Å². The van der Waals surface area contributed by atoms with E-state index >= 15 is 0 Å². The molecule has 2 saturated heterocycles. The van der Waals surface area contributed by atoms with Gasteiger partial charge in [-0.15, -0.1) is 0 Å². The van der Waals surface area contributed by atoms with Crippen LogP contribution < -0.4 is 10.6 Å². The Morgan fingerprint density at radius 3 is 1.47 bits per heavy atom. The zero-order valence-electron chi connectivity index (χ0n) is 42.9. The second kappa shape index (κ2) is 23.8. The molecule has 0 aliphatic carbocycles. The van der Waals surface area contributed by atoms with Gasteiger partial charge in [0, 0.05) is 72.2 Å². The summed E-state index contributed by atoms with van der Waals surface area (Å²) in [6, 6.07) is 32.9. The predicted octanol–water partition coefficient (Wildman–Crippen LogP) is 9.08. The van der Waals surface area contributed by atoms with Crippen molar-refractivity contribution in [3.8, 4) is 0 Å². The highest BCUT2D eigenvalue weighted by molar-refractivity contribution is 7.86. The van der Waals surface area contributed by atoms with Crippen LogP contribution in [0.25, 0.3) is 21.8 Å². The SMILES string of the molecule is CC(C)(C)OC(=O)N1CC[C@H](O)[C@H]1[C@@H](CNC(=O)OCc1ccccc1)c1c[nH]c2ccccc12.CC(C)(C)OC(=O)N1CC[C@H](OS(C)(=O)=O)[C@H]1[C@@H](CNC(=O)OCc1ccccc1)c1c[nH]c2ccccc12. The number of aliphatic hydroxyl groups excluding tert-OH is 1. The zero-order valence-corrected chi connectivity index (χ0v) is 43.7. The van der Waals surface area contributed by atoms with E-state index in [-0.39, 0.29) is 45.2 Å². The number of rotatable bonds is 14. The van der Waals surface area contributed by atoms with Crippen molar-refractivity contribution in [1.29, 1.82) is 0 Å². The number of hydrogen-bond acceptors (Lipinski definition) is 12. The molecule has 6 aromatic rings. The molecule has 0 bridgehead atoms. The van der Waals surface area contributed by atoms with Crippen molar-refractivity contribution in [1.82, 2.24) is 30.4 Å². The van der Waals surface area contributed by atoms with E-state index in [1.54, 1.807) is 25.7 Å². The topological polar surface area (TPSA) is 231 Å². The minimum Gasteiger partial charge on any atom is -0.445 e. The fourth-order valence-corrected chi connectivity index (χ4v) is 10.2. The van der Waals surface area contributed by atoms with Crippen molar-refractivity contribution in [2.24, 2.45) is 0 Å². The average Bonchev–Trinajstić information content (AvgIpc) is 4.16. The molecule has 5 N–H and O–H groups in total. The Kier molecular flexibility index (Phi) is 17.6. The summed E-state index contributed by atoms with van der Waals surface area (Å²) >= 11 is 0. The van der Waals surface area contributed by atoms with Gasteiger partial charge in [0.1, 0.15) is 24.4 Å². The number of aliphatic hydroxyl groups is 1. The Labute approximate surface area is 432 Å². The van der Waals surface area contributed by atoms with E-state index in [2.05, 4.69) is 20.6 Å². The van der Waals surface area contributed by atoms with E-state index in [1.807, 2.05) is 142 Å². The molecule has 6 atom stereocenters. The molecular formula is C55H68N6O12S. The van der Waals surface area contributed by atoms with Crippen molar-refractivity contribution in [3.05, 3.63) is 144 Å². The number of carbonyl (C=O) groups excluding carboxylic acids is 4. The molecule has 19 heteroatoms. The second-order valence-electron chi connectivity index (χ2n) is 20.5. The summed E-state index contributed by atoms with van der Waals surface area (Å²) in [6.07, 6.45) is 1.55. The summed E-state index contributed by atoms with van der Waals surface area (Å²) in [7, 11) is -3.84. The van der Waals surface area contributed by atoms with Crippen LogP contribution in [0.5, 0.6) is 0 Å². The van der Waals surface area contributed by atoms with E-state index in [9.17, 15) is 32.7 Å².